The molecule has 7 heteroatoms. The van der Waals surface area contributed by atoms with Crippen LogP contribution in [0.15, 0.2) is 24.3 Å². The van der Waals surface area contributed by atoms with Crippen LogP contribution < -0.4 is 0 Å². The highest BCUT2D eigenvalue weighted by Crippen LogP contribution is 2.48. The quantitative estimate of drug-likeness (QED) is 0.824. The largest absolute Gasteiger partial charge is 0.481 e. The van der Waals surface area contributed by atoms with Gasteiger partial charge in [-0.15, -0.1) is 0 Å². The zero-order chi connectivity index (χ0) is 16.6. The molecule has 0 spiro atoms. The van der Waals surface area contributed by atoms with Crippen LogP contribution in [0, 0.1) is 0 Å². The molecule has 0 unspecified atom stereocenters. The molecule has 1 aromatic carbocycles. The van der Waals surface area contributed by atoms with E-state index < -0.39 is 48.3 Å². The second-order valence-electron chi connectivity index (χ2n) is 5.79. The van der Waals surface area contributed by atoms with Crippen molar-refractivity contribution in [2.75, 3.05) is 0 Å². The van der Waals surface area contributed by atoms with Gasteiger partial charge in [0.25, 0.3) is 0 Å². The number of benzene rings is 1. The van der Waals surface area contributed by atoms with Gasteiger partial charge in [-0.2, -0.15) is 13.2 Å². The molecular formula is C15H15F5O2. The van der Waals surface area contributed by atoms with Crippen LogP contribution in [-0.4, -0.2) is 17.0 Å². The average molecular weight is 322 g/mol. The number of carbonyl (C=O) groups is 1. The summed E-state index contributed by atoms with van der Waals surface area (Å²) >= 11 is 0. The van der Waals surface area contributed by atoms with Crippen LogP contribution in [-0.2, 0) is 16.4 Å². The van der Waals surface area contributed by atoms with Gasteiger partial charge >= 0.3 is 12.1 Å². The molecule has 2 nitrogen and oxygen atoms in total. The van der Waals surface area contributed by atoms with E-state index in [2.05, 4.69) is 0 Å². The molecule has 0 aliphatic heterocycles. The first kappa shape index (κ1) is 16.7. The van der Waals surface area contributed by atoms with Crippen molar-refractivity contribution >= 4 is 5.97 Å². The molecule has 0 bridgehead atoms. The van der Waals surface area contributed by atoms with Gasteiger partial charge in [-0.25, -0.2) is 8.78 Å². The summed E-state index contributed by atoms with van der Waals surface area (Å²) in [6, 6.07) is 4.35. The summed E-state index contributed by atoms with van der Waals surface area (Å²) < 4.78 is 65.1. The first-order valence-electron chi connectivity index (χ1n) is 6.82. The van der Waals surface area contributed by atoms with Gasteiger partial charge in [0.1, 0.15) is 0 Å². The summed E-state index contributed by atoms with van der Waals surface area (Å²) in [6.45, 7) is 0. The molecule has 1 aliphatic carbocycles. The van der Waals surface area contributed by atoms with Crippen LogP contribution in [0.4, 0.5) is 22.0 Å². The Morgan fingerprint density at radius 2 is 1.73 bits per heavy atom. The fraction of sp³-hybridized carbons (Fsp3) is 0.533. The van der Waals surface area contributed by atoms with E-state index in [1.165, 1.54) is 12.1 Å². The number of carboxylic acid groups (broad SMARTS) is 1. The summed E-state index contributed by atoms with van der Waals surface area (Å²) in [5.74, 6) is -4.09. The normalized spacial score (nSPS) is 20.6. The minimum Gasteiger partial charge on any atom is -0.481 e. The molecule has 0 amide bonds. The van der Waals surface area contributed by atoms with Crippen molar-refractivity contribution in [1.82, 2.24) is 0 Å². The van der Waals surface area contributed by atoms with Crippen molar-refractivity contribution in [3.05, 3.63) is 35.4 Å². The third-order valence-electron chi connectivity index (χ3n) is 4.23. The van der Waals surface area contributed by atoms with E-state index in [1.54, 1.807) is 0 Å². The van der Waals surface area contributed by atoms with Crippen molar-refractivity contribution in [1.29, 1.82) is 0 Å². The van der Waals surface area contributed by atoms with Crippen LogP contribution in [0.3, 0.4) is 0 Å². The van der Waals surface area contributed by atoms with Gasteiger partial charge in [-0.3, -0.25) is 4.79 Å². The van der Waals surface area contributed by atoms with E-state index in [1.807, 2.05) is 0 Å². The molecule has 0 radical (unpaired) electrons. The number of carboxylic acids is 1. The summed E-state index contributed by atoms with van der Waals surface area (Å²) in [5.41, 5.74) is -1.90. The lowest BCUT2D eigenvalue weighted by atomic mass is 9.66. The first-order valence-corrected chi connectivity index (χ1v) is 6.82. The van der Waals surface area contributed by atoms with Crippen molar-refractivity contribution in [2.45, 2.75) is 49.6 Å². The Hall–Kier alpha value is -1.66. The SMILES string of the molecule is O=C(O)CC1(c2cccc(C(F)(F)F)c2)CCC(F)(F)CC1. The lowest BCUT2D eigenvalue weighted by Crippen LogP contribution is -2.38. The minimum atomic E-state index is -4.56. The number of hydrogen-bond acceptors (Lipinski definition) is 1. The van der Waals surface area contributed by atoms with Crippen LogP contribution in [0.25, 0.3) is 0 Å². The molecule has 1 aliphatic rings. The maximum Gasteiger partial charge on any atom is 0.416 e. The lowest BCUT2D eigenvalue weighted by molar-refractivity contribution is -0.140. The highest BCUT2D eigenvalue weighted by molar-refractivity contribution is 5.69. The molecule has 122 valence electrons. The van der Waals surface area contributed by atoms with Gasteiger partial charge < -0.3 is 5.11 Å². The predicted octanol–water partition coefficient (Wildman–Crippen LogP) is 4.63. The Kier molecular flexibility index (Phi) is 4.19. The number of hydrogen-bond donors (Lipinski definition) is 1. The molecule has 0 aromatic heterocycles. The van der Waals surface area contributed by atoms with E-state index in [-0.39, 0.29) is 18.4 Å². The molecule has 0 heterocycles. The lowest BCUT2D eigenvalue weighted by Gasteiger charge is -2.40. The van der Waals surface area contributed by atoms with Crippen molar-refractivity contribution < 1.29 is 31.9 Å². The zero-order valence-corrected chi connectivity index (χ0v) is 11.6. The standard InChI is InChI=1S/C15H15F5O2/c16-14(17)6-4-13(5-7-14,9-12(21)22)10-2-1-3-11(8-10)15(18,19)20/h1-3,8H,4-7,9H2,(H,21,22). The molecule has 1 aromatic rings. The summed E-state index contributed by atoms with van der Waals surface area (Å²) in [5, 5.41) is 9.04. The van der Waals surface area contributed by atoms with Gasteiger partial charge in [-0.1, -0.05) is 18.2 Å². The van der Waals surface area contributed by atoms with Gasteiger partial charge in [0.15, 0.2) is 0 Å². The molecule has 22 heavy (non-hydrogen) atoms. The van der Waals surface area contributed by atoms with Gasteiger partial charge in [0.05, 0.1) is 12.0 Å². The fourth-order valence-electron chi connectivity index (χ4n) is 2.98. The molecule has 1 saturated carbocycles. The Morgan fingerprint density at radius 1 is 1.14 bits per heavy atom. The second kappa shape index (κ2) is 5.52. The topological polar surface area (TPSA) is 37.3 Å². The van der Waals surface area contributed by atoms with E-state index >= 15 is 0 Å². The van der Waals surface area contributed by atoms with E-state index in [4.69, 9.17) is 5.11 Å². The van der Waals surface area contributed by atoms with Crippen LogP contribution in [0.5, 0.6) is 0 Å². The first-order chi connectivity index (χ1) is 10.0. The number of rotatable bonds is 3. The maximum atomic E-state index is 13.3. The Labute approximate surface area is 123 Å². The van der Waals surface area contributed by atoms with Crippen LogP contribution in [0.1, 0.15) is 43.2 Å². The fourth-order valence-corrected chi connectivity index (χ4v) is 2.98. The van der Waals surface area contributed by atoms with Crippen LogP contribution in [0.2, 0.25) is 0 Å². The summed E-state index contributed by atoms with van der Waals surface area (Å²) in [4.78, 5) is 11.1. The Bertz CT molecular complexity index is 555. The number of alkyl halides is 5. The van der Waals surface area contributed by atoms with Gasteiger partial charge in [0.2, 0.25) is 5.92 Å². The molecule has 0 atom stereocenters. The van der Waals surface area contributed by atoms with Crippen molar-refractivity contribution in [3.8, 4) is 0 Å². The molecule has 2 rings (SSSR count). The summed E-state index contributed by atoms with van der Waals surface area (Å²) in [6.07, 6.45) is -6.34. The Balaban J connectivity index is 2.41. The molecule has 1 fully saturated rings. The third kappa shape index (κ3) is 3.56. The molecule has 1 N–H and O–H groups in total. The minimum absolute atomic E-state index is 0.145. The third-order valence-corrected chi connectivity index (χ3v) is 4.23. The maximum absolute atomic E-state index is 13.3. The molecule has 0 saturated heterocycles. The van der Waals surface area contributed by atoms with E-state index in [0.717, 1.165) is 12.1 Å². The van der Waals surface area contributed by atoms with Gasteiger partial charge in [-0.05, 0) is 24.5 Å². The smallest absolute Gasteiger partial charge is 0.416 e. The van der Waals surface area contributed by atoms with Crippen molar-refractivity contribution in [2.24, 2.45) is 0 Å². The average Bonchev–Trinajstić information content (AvgIpc) is 2.40. The monoisotopic (exact) mass is 322 g/mol. The van der Waals surface area contributed by atoms with Crippen LogP contribution >= 0.6 is 0 Å². The number of aliphatic carboxylic acids is 1. The highest BCUT2D eigenvalue weighted by Gasteiger charge is 2.46. The van der Waals surface area contributed by atoms with Crippen molar-refractivity contribution in [3.63, 3.8) is 0 Å². The zero-order valence-electron chi connectivity index (χ0n) is 11.6. The van der Waals surface area contributed by atoms with E-state index in [9.17, 15) is 26.7 Å². The predicted molar refractivity (Wildman–Crippen MR) is 68.8 cm³/mol. The second-order valence-corrected chi connectivity index (χ2v) is 5.79. The van der Waals surface area contributed by atoms with E-state index in [0.29, 0.717) is 0 Å². The molecular weight excluding hydrogens is 307 g/mol. The van der Waals surface area contributed by atoms with Gasteiger partial charge in [0, 0.05) is 18.3 Å². The Morgan fingerprint density at radius 3 is 2.23 bits per heavy atom. The number of halogens is 5. The highest BCUT2D eigenvalue weighted by atomic mass is 19.4. The summed E-state index contributed by atoms with van der Waals surface area (Å²) in [7, 11) is 0.